The predicted octanol–water partition coefficient (Wildman–Crippen LogP) is 1.58. The molecule has 2 nitrogen and oxygen atoms in total. The summed E-state index contributed by atoms with van der Waals surface area (Å²) in [5, 5.41) is 0. The molecule has 80 valence electrons. The van der Waals surface area contributed by atoms with Gasteiger partial charge in [-0.1, -0.05) is 0 Å². The second-order valence-corrected chi connectivity index (χ2v) is 2.52. The van der Waals surface area contributed by atoms with Crippen LogP contribution in [0.2, 0.25) is 0 Å². The van der Waals surface area contributed by atoms with Crippen LogP contribution in [0.15, 0.2) is 0 Å². The Bertz CT molecular complexity index is 147. The lowest BCUT2D eigenvalue weighted by atomic mass is 10.0. The molecule has 1 unspecified atom stereocenters. The van der Waals surface area contributed by atoms with Gasteiger partial charge in [0.25, 0.3) is 0 Å². The molecule has 0 radical (unpaired) electrons. The number of nitrogens with two attached hydrogens (primary N) is 1. The first kappa shape index (κ1) is 12.5. The first-order valence-electron chi connectivity index (χ1n) is 3.20. The van der Waals surface area contributed by atoms with E-state index < -0.39 is 24.3 Å². The van der Waals surface area contributed by atoms with Gasteiger partial charge >= 0.3 is 12.4 Å². The highest BCUT2D eigenvalue weighted by Crippen LogP contribution is 2.40. The Hall–Kier alpha value is -0.500. The smallest absolute Gasteiger partial charge is 0.271 e. The van der Waals surface area contributed by atoms with E-state index in [0.717, 1.165) is 0 Å². The molecule has 8 heteroatoms. The number of nitrogens with one attached hydrogen (secondary N) is 1. The zero-order valence-corrected chi connectivity index (χ0v) is 6.50. The van der Waals surface area contributed by atoms with Crippen LogP contribution in [-0.2, 0) is 0 Å². The van der Waals surface area contributed by atoms with E-state index in [4.69, 9.17) is 0 Å². The van der Waals surface area contributed by atoms with Crippen LogP contribution in [0.1, 0.15) is 6.92 Å². The van der Waals surface area contributed by atoms with Gasteiger partial charge in [-0.2, -0.15) is 26.3 Å². The lowest BCUT2D eigenvalue weighted by molar-refractivity contribution is -0.290. The Morgan fingerprint density at radius 3 is 1.38 bits per heavy atom. The number of halogens is 6. The number of alkyl halides is 6. The van der Waals surface area contributed by atoms with E-state index in [1.54, 1.807) is 0 Å². The summed E-state index contributed by atoms with van der Waals surface area (Å²) in [6.45, 7) is 0.714. The third-order valence-corrected chi connectivity index (χ3v) is 1.47. The van der Waals surface area contributed by atoms with Crippen molar-refractivity contribution >= 4 is 0 Å². The van der Waals surface area contributed by atoms with Gasteiger partial charge < -0.3 is 0 Å². The summed E-state index contributed by atoms with van der Waals surface area (Å²) in [6.07, 6.45) is -10.7. The molecule has 0 saturated carbocycles. The summed E-state index contributed by atoms with van der Waals surface area (Å²) in [6, 6.07) is -1.90. The normalized spacial score (nSPS) is 16.4. The van der Waals surface area contributed by atoms with E-state index >= 15 is 0 Å². The van der Waals surface area contributed by atoms with Gasteiger partial charge in [-0.05, 0) is 6.92 Å². The summed E-state index contributed by atoms with van der Waals surface area (Å²) in [7, 11) is 0. The van der Waals surface area contributed by atoms with Crippen LogP contribution in [-0.4, -0.2) is 18.4 Å². The molecule has 0 aliphatic heterocycles. The summed E-state index contributed by atoms with van der Waals surface area (Å²) in [5.41, 5.74) is 1.44. The van der Waals surface area contributed by atoms with Crippen molar-refractivity contribution in [3.05, 3.63) is 0 Å². The molecule has 0 rings (SSSR count). The summed E-state index contributed by atoms with van der Waals surface area (Å²) < 4.78 is 71.0. The molecule has 13 heavy (non-hydrogen) atoms. The summed E-state index contributed by atoms with van der Waals surface area (Å²) in [4.78, 5) is 0. The van der Waals surface area contributed by atoms with Crippen molar-refractivity contribution in [1.82, 2.24) is 5.43 Å². The Morgan fingerprint density at radius 1 is 1.00 bits per heavy atom. The van der Waals surface area contributed by atoms with Crippen LogP contribution < -0.4 is 11.3 Å². The van der Waals surface area contributed by atoms with Gasteiger partial charge in [-0.25, -0.2) is 0 Å². The van der Waals surface area contributed by atoms with Gasteiger partial charge in [-0.15, -0.1) is 0 Å². The van der Waals surface area contributed by atoms with E-state index in [1.807, 2.05) is 0 Å². The number of rotatable bonds is 2. The molecular weight excluding hydrogens is 202 g/mol. The van der Waals surface area contributed by atoms with Crippen LogP contribution in [0.5, 0.6) is 0 Å². The SMILES string of the molecule is CC(NN)C(C(F)(F)F)C(F)(F)F. The van der Waals surface area contributed by atoms with E-state index in [1.165, 1.54) is 5.43 Å². The van der Waals surface area contributed by atoms with Crippen molar-refractivity contribution in [2.45, 2.75) is 25.3 Å². The molecule has 0 aromatic rings. The van der Waals surface area contributed by atoms with Gasteiger partial charge in [0.05, 0.1) is 0 Å². The fraction of sp³-hybridized carbons (Fsp3) is 1.00. The molecule has 0 fully saturated rings. The topological polar surface area (TPSA) is 38.0 Å². The maximum atomic E-state index is 11.8. The molecule has 3 N–H and O–H groups in total. The first-order valence-corrected chi connectivity index (χ1v) is 3.20. The second kappa shape index (κ2) is 3.70. The highest BCUT2D eigenvalue weighted by molar-refractivity contribution is 4.82. The lowest BCUT2D eigenvalue weighted by Gasteiger charge is -2.27. The quantitative estimate of drug-likeness (QED) is 0.412. The van der Waals surface area contributed by atoms with Crippen LogP contribution >= 0.6 is 0 Å². The molecule has 0 heterocycles. The fourth-order valence-corrected chi connectivity index (χ4v) is 0.849. The van der Waals surface area contributed by atoms with Crippen molar-refractivity contribution in [1.29, 1.82) is 0 Å². The molecule has 0 aliphatic rings. The first-order chi connectivity index (χ1) is 5.60. The monoisotopic (exact) mass is 210 g/mol. The Balaban J connectivity index is 4.78. The summed E-state index contributed by atoms with van der Waals surface area (Å²) >= 11 is 0. The Labute approximate surface area is 70.1 Å². The maximum absolute atomic E-state index is 11.8. The van der Waals surface area contributed by atoms with E-state index in [2.05, 4.69) is 5.84 Å². The van der Waals surface area contributed by atoms with Crippen LogP contribution in [0.25, 0.3) is 0 Å². The van der Waals surface area contributed by atoms with Gasteiger partial charge in [0, 0.05) is 6.04 Å². The molecule has 0 saturated heterocycles. The highest BCUT2D eigenvalue weighted by atomic mass is 19.4. The standard InChI is InChI=1S/C5H8F6N2/c1-2(13-12)3(4(6,7)8)5(9,10)11/h2-3,13H,12H2,1H3. The van der Waals surface area contributed by atoms with Crippen molar-refractivity contribution in [3.63, 3.8) is 0 Å². The molecule has 0 spiro atoms. The van der Waals surface area contributed by atoms with Crippen molar-refractivity contribution in [3.8, 4) is 0 Å². The zero-order chi connectivity index (χ0) is 10.9. The van der Waals surface area contributed by atoms with Gasteiger partial charge in [0.1, 0.15) is 0 Å². The molecule has 0 aromatic carbocycles. The van der Waals surface area contributed by atoms with E-state index in [0.29, 0.717) is 6.92 Å². The van der Waals surface area contributed by atoms with Crippen molar-refractivity contribution < 1.29 is 26.3 Å². The number of hydrazine groups is 1. The van der Waals surface area contributed by atoms with E-state index in [9.17, 15) is 26.3 Å². The molecule has 0 aliphatic carbocycles. The molecule has 0 amide bonds. The zero-order valence-electron chi connectivity index (χ0n) is 6.50. The van der Waals surface area contributed by atoms with Crippen molar-refractivity contribution in [2.24, 2.45) is 11.8 Å². The second-order valence-electron chi connectivity index (χ2n) is 2.52. The third kappa shape index (κ3) is 3.39. The minimum Gasteiger partial charge on any atom is -0.271 e. The van der Waals surface area contributed by atoms with Gasteiger partial charge in [0.15, 0.2) is 5.92 Å². The predicted molar refractivity (Wildman–Crippen MR) is 32.4 cm³/mol. The molecule has 1 atom stereocenters. The number of hydrogen-bond acceptors (Lipinski definition) is 2. The van der Waals surface area contributed by atoms with Gasteiger partial charge in [-0.3, -0.25) is 11.3 Å². The summed E-state index contributed by atoms with van der Waals surface area (Å²) in [5.74, 6) is 1.08. The fourth-order valence-electron chi connectivity index (χ4n) is 0.849. The highest BCUT2D eigenvalue weighted by Gasteiger charge is 2.58. The lowest BCUT2D eigenvalue weighted by Crippen LogP contribution is -2.51. The minimum absolute atomic E-state index is 0.714. The van der Waals surface area contributed by atoms with E-state index in [-0.39, 0.29) is 0 Å². The van der Waals surface area contributed by atoms with Crippen LogP contribution in [0.4, 0.5) is 26.3 Å². The average Bonchev–Trinajstić information content (AvgIpc) is 1.80. The molecule has 0 aromatic heterocycles. The van der Waals surface area contributed by atoms with Crippen LogP contribution in [0.3, 0.4) is 0 Å². The third-order valence-electron chi connectivity index (χ3n) is 1.47. The largest absolute Gasteiger partial charge is 0.402 e. The van der Waals surface area contributed by atoms with Crippen molar-refractivity contribution in [2.75, 3.05) is 0 Å². The maximum Gasteiger partial charge on any atom is 0.402 e. The molecule has 0 bridgehead atoms. The van der Waals surface area contributed by atoms with Gasteiger partial charge in [0.2, 0.25) is 0 Å². The number of hydrogen-bond donors (Lipinski definition) is 2. The Kier molecular flexibility index (Phi) is 3.56. The molecular formula is C5H8F6N2. The Morgan fingerprint density at radius 2 is 1.31 bits per heavy atom. The van der Waals surface area contributed by atoms with Crippen LogP contribution in [0, 0.1) is 5.92 Å². The minimum atomic E-state index is -5.34. The average molecular weight is 210 g/mol.